The van der Waals surface area contributed by atoms with Gasteiger partial charge in [-0.3, -0.25) is 10.1 Å². The molecule has 0 unspecified atom stereocenters. The summed E-state index contributed by atoms with van der Waals surface area (Å²) in [6, 6.07) is 6.69. The molecule has 1 N–H and O–H groups in total. The molecular weight excluding hydrogens is 180 g/mol. The summed E-state index contributed by atoms with van der Waals surface area (Å²) in [7, 11) is 0. The smallest absolute Gasteiger partial charge is 0.269 e. The number of non-ortho nitro benzene ring substituents is 1. The maximum atomic E-state index is 10.4. The second kappa shape index (κ2) is 5.34. The van der Waals surface area contributed by atoms with E-state index in [0.717, 1.165) is 25.1 Å². The summed E-state index contributed by atoms with van der Waals surface area (Å²) < 4.78 is 0. The second-order valence-corrected chi connectivity index (χ2v) is 3.03. The molecule has 0 fully saturated rings. The third-order valence-corrected chi connectivity index (χ3v) is 1.99. The van der Waals surface area contributed by atoms with Crippen LogP contribution in [-0.4, -0.2) is 18.0 Å². The van der Waals surface area contributed by atoms with Gasteiger partial charge in [-0.05, 0) is 25.1 Å². The fourth-order valence-corrected chi connectivity index (χ4v) is 1.19. The summed E-state index contributed by atoms with van der Waals surface area (Å²) in [5.41, 5.74) is 1.27. The van der Waals surface area contributed by atoms with Crippen molar-refractivity contribution in [1.29, 1.82) is 0 Å². The van der Waals surface area contributed by atoms with Crippen LogP contribution in [0.1, 0.15) is 12.5 Å². The predicted octanol–water partition coefficient (Wildman–Crippen LogP) is 1.75. The molecule has 76 valence electrons. The van der Waals surface area contributed by atoms with Crippen molar-refractivity contribution in [3.8, 4) is 0 Å². The molecule has 1 rings (SSSR count). The molecule has 0 aliphatic carbocycles. The first-order valence-corrected chi connectivity index (χ1v) is 4.68. The van der Waals surface area contributed by atoms with Crippen LogP contribution in [0.3, 0.4) is 0 Å². The third kappa shape index (κ3) is 3.14. The quantitative estimate of drug-likeness (QED) is 0.441. The monoisotopic (exact) mass is 194 g/mol. The average molecular weight is 194 g/mol. The topological polar surface area (TPSA) is 55.2 Å². The van der Waals surface area contributed by atoms with Crippen molar-refractivity contribution in [2.24, 2.45) is 0 Å². The fourth-order valence-electron chi connectivity index (χ4n) is 1.19. The number of nitro benzene ring substituents is 1. The molecule has 4 nitrogen and oxygen atoms in total. The van der Waals surface area contributed by atoms with Gasteiger partial charge in [0.25, 0.3) is 5.69 Å². The Labute approximate surface area is 83.1 Å². The van der Waals surface area contributed by atoms with Crippen LogP contribution in [0.25, 0.3) is 0 Å². The molecule has 0 radical (unpaired) electrons. The van der Waals surface area contributed by atoms with Crippen LogP contribution >= 0.6 is 0 Å². The minimum Gasteiger partial charge on any atom is -0.317 e. The molecular formula is C10H14N2O2. The van der Waals surface area contributed by atoms with Crippen molar-refractivity contribution in [3.63, 3.8) is 0 Å². The Morgan fingerprint density at radius 2 is 2.00 bits per heavy atom. The summed E-state index contributed by atoms with van der Waals surface area (Å²) in [5, 5.41) is 13.6. The highest BCUT2D eigenvalue weighted by Crippen LogP contribution is 2.11. The van der Waals surface area contributed by atoms with E-state index < -0.39 is 0 Å². The van der Waals surface area contributed by atoms with E-state index in [1.807, 2.05) is 0 Å². The lowest BCUT2D eigenvalue weighted by atomic mass is 10.1. The Morgan fingerprint density at radius 3 is 2.50 bits per heavy atom. The lowest BCUT2D eigenvalue weighted by molar-refractivity contribution is -0.384. The molecule has 1 aromatic rings. The molecule has 14 heavy (non-hydrogen) atoms. The standard InChI is InChI=1S/C10H14N2O2/c1-2-11-8-7-9-3-5-10(6-4-9)12(13)14/h3-6,11H,2,7-8H2,1H3. The van der Waals surface area contributed by atoms with Gasteiger partial charge in [-0.2, -0.15) is 0 Å². The highest BCUT2D eigenvalue weighted by atomic mass is 16.6. The first kappa shape index (κ1) is 10.7. The zero-order valence-electron chi connectivity index (χ0n) is 8.19. The van der Waals surface area contributed by atoms with E-state index in [9.17, 15) is 10.1 Å². The minimum absolute atomic E-state index is 0.150. The van der Waals surface area contributed by atoms with Gasteiger partial charge >= 0.3 is 0 Å². The summed E-state index contributed by atoms with van der Waals surface area (Å²) in [4.78, 5) is 9.98. The molecule has 0 heterocycles. The summed E-state index contributed by atoms with van der Waals surface area (Å²) in [6.45, 7) is 3.91. The van der Waals surface area contributed by atoms with Crippen LogP contribution in [0.4, 0.5) is 5.69 Å². The number of hydrogen-bond acceptors (Lipinski definition) is 3. The molecule has 0 bridgehead atoms. The van der Waals surface area contributed by atoms with Gasteiger partial charge in [0.2, 0.25) is 0 Å². The first-order chi connectivity index (χ1) is 6.74. The van der Waals surface area contributed by atoms with Gasteiger partial charge in [0.15, 0.2) is 0 Å². The molecule has 0 saturated heterocycles. The summed E-state index contributed by atoms with van der Waals surface area (Å²) in [6.07, 6.45) is 0.909. The van der Waals surface area contributed by atoms with Crippen molar-refractivity contribution in [2.75, 3.05) is 13.1 Å². The lowest BCUT2D eigenvalue weighted by Crippen LogP contribution is -2.15. The molecule has 0 amide bonds. The van der Waals surface area contributed by atoms with Gasteiger partial charge in [0, 0.05) is 12.1 Å². The van der Waals surface area contributed by atoms with Crippen molar-refractivity contribution in [3.05, 3.63) is 39.9 Å². The van der Waals surface area contributed by atoms with Gasteiger partial charge in [-0.25, -0.2) is 0 Å². The molecule has 0 aromatic heterocycles. The van der Waals surface area contributed by atoms with E-state index in [0.29, 0.717) is 0 Å². The number of rotatable bonds is 5. The van der Waals surface area contributed by atoms with Gasteiger partial charge in [-0.1, -0.05) is 19.1 Å². The Morgan fingerprint density at radius 1 is 1.36 bits per heavy atom. The number of hydrogen-bond donors (Lipinski definition) is 1. The molecule has 0 atom stereocenters. The second-order valence-electron chi connectivity index (χ2n) is 3.03. The average Bonchev–Trinajstić information content (AvgIpc) is 2.19. The summed E-state index contributed by atoms with van der Waals surface area (Å²) >= 11 is 0. The van der Waals surface area contributed by atoms with Crippen LogP contribution in [0.15, 0.2) is 24.3 Å². The summed E-state index contributed by atoms with van der Waals surface area (Å²) in [5.74, 6) is 0. The Kier molecular flexibility index (Phi) is 4.07. The maximum absolute atomic E-state index is 10.4. The van der Waals surface area contributed by atoms with Gasteiger partial charge in [-0.15, -0.1) is 0 Å². The van der Waals surface area contributed by atoms with E-state index in [1.54, 1.807) is 24.3 Å². The molecule has 0 aliphatic heterocycles. The largest absolute Gasteiger partial charge is 0.317 e. The van der Waals surface area contributed by atoms with E-state index in [1.165, 1.54) is 0 Å². The van der Waals surface area contributed by atoms with E-state index >= 15 is 0 Å². The SMILES string of the molecule is CCNCCc1ccc([N+](=O)[O-])cc1. The van der Waals surface area contributed by atoms with Crippen LogP contribution in [0.2, 0.25) is 0 Å². The molecule has 4 heteroatoms. The highest BCUT2D eigenvalue weighted by molar-refractivity contribution is 5.32. The van der Waals surface area contributed by atoms with Gasteiger partial charge in [0.05, 0.1) is 4.92 Å². The number of likely N-dealkylation sites (N-methyl/N-ethyl adjacent to an activating group) is 1. The fraction of sp³-hybridized carbons (Fsp3) is 0.400. The molecule has 0 aliphatic rings. The minimum atomic E-state index is -0.381. The van der Waals surface area contributed by atoms with Crippen LogP contribution in [0, 0.1) is 10.1 Å². The van der Waals surface area contributed by atoms with E-state index in [-0.39, 0.29) is 10.6 Å². The van der Waals surface area contributed by atoms with Gasteiger partial charge < -0.3 is 5.32 Å². The zero-order valence-corrected chi connectivity index (χ0v) is 8.19. The van der Waals surface area contributed by atoms with E-state index in [4.69, 9.17) is 0 Å². The molecule has 0 saturated carbocycles. The Balaban J connectivity index is 2.51. The normalized spacial score (nSPS) is 10.1. The van der Waals surface area contributed by atoms with Gasteiger partial charge in [0.1, 0.15) is 0 Å². The molecule has 0 spiro atoms. The van der Waals surface area contributed by atoms with Crippen LogP contribution in [0.5, 0.6) is 0 Å². The molecule has 1 aromatic carbocycles. The van der Waals surface area contributed by atoms with Crippen molar-refractivity contribution in [1.82, 2.24) is 5.32 Å². The van der Waals surface area contributed by atoms with Crippen molar-refractivity contribution in [2.45, 2.75) is 13.3 Å². The van der Waals surface area contributed by atoms with Crippen molar-refractivity contribution < 1.29 is 4.92 Å². The van der Waals surface area contributed by atoms with Crippen molar-refractivity contribution >= 4 is 5.69 Å². The Hall–Kier alpha value is -1.42. The first-order valence-electron chi connectivity index (χ1n) is 4.68. The van der Waals surface area contributed by atoms with Crippen LogP contribution < -0.4 is 5.32 Å². The zero-order chi connectivity index (χ0) is 10.4. The predicted molar refractivity (Wildman–Crippen MR) is 55.3 cm³/mol. The number of nitro groups is 1. The number of nitrogens with zero attached hydrogens (tertiary/aromatic N) is 1. The Bertz CT molecular complexity index is 295. The number of nitrogens with one attached hydrogen (secondary N) is 1. The van der Waals surface area contributed by atoms with Crippen LogP contribution in [-0.2, 0) is 6.42 Å². The third-order valence-electron chi connectivity index (χ3n) is 1.99. The number of benzene rings is 1. The maximum Gasteiger partial charge on any atom is 0.269 e. The highest BCUT2D eigenvalue weighted by Gasteiger charge is 2.02. The van der Waals surface area contributed by atoms with E-state index in [2.05, 4.69) is 12.2 Å². The lowest BCUT2D eigenvalue weighted by Gasteiger charge is -2.01.